The lowest BCUT2D eigenvalue weighted by Crippen LogP contribution is -1.94. The van der Waals surface area contributed by atoms with Crippen LogP contribution in [-0.2, 0) is 0 Å². The molecule has 0 spiro atoms. The van der Waals surface area contributed by atoms with Gasteiger partial charge in [0, 0.05) is 11.5 Å². The standard InChI is InChI=1S/C20H15N3OS/c24-12-17-18(21-20-23(17)22-19(25-20)16-10-11-16)15-8-6-14(7-9-15)13-4-2-1-3-5-13/h1-9,12,16H,10-11H2. The molecular weight excluding hydrogens is 330 g/mol. The molecule has 0 atom stereocenters. The van der Waals surface area contributed by atoms with Gasteiger partial charge in [0.25, 0.3) is 0 Å². The number of carbonyl (C=O) groups excluding carboxylic acids is 1. The van der Waals surface area contributed by atoms with Crippen LogP contribution < -0.4 is 0 Å². The Morgan fingerprint density at radius 2 is 1.64 bits per heavy atom. The summed E-state index contributed by atoms with van der Waals surface area (Å²) in [7, 11) is 0. The lowest BCUT2D eigenvalue weighted by atomic mass is 10.0. The van der Waals surface area contributed by atoms with E-state index in [0.29, 0.717) is 17.3 Å². The molecule has 0 amide bonds. The highest BCUT2D eigenvalue weighted by Crippen LogP contribution is 2.42. The van der Waals surface area contributed by atoms with Crippen LogP contribution in [0.15, 0.2) is 54.6 Å². The van der Waals surface area contributed by atoms with Gasteiger partial charge in [0.05, 0.1) is 0 Å². The average Bonchev–Trinajstić information content (AvgIpc) is 3.34. The molecule has 0 N–H and O–H groups in total. The first-order valence-corrected chi connectivity index (χ1v) is 9.15. The highest BCUT2D eigenvalue weighted by Gasteiger charge is 2.29. The average molecular weight is 345 g/mol. The van der Waals surface area contributed by atoms with Crippen molar-refractivity contribution in [1.29, 1.82) is 0 Å². The second kappa shape index (κ2) is 5.63. The van der Waals surface area contributed by atoms with E-state index < -0.39 is 0 Å². The molecule has 25 heavy (non-hydrogen) atoms. The third-order valence-corrected chi connectivity index (χ3v) is 5.63. The van der Waals surface area contributed by atoms with Crippen molar-refractivity contribution in [3.05, 3.63) is 65.3 Å². The Labute approximate surface area is 148 Å². The van der Waals surface area contributed by atoms with Gasteiger partial charge in [-0.25, -0.2) is 4.98 Å². The number of benzene rings is 2. The Morgan fingerprint density at radius 3 is 2.32 bits per heavy atom. The third-order valence-electron chi connectivity index (χ3n) is 4.56. The van der Waals surface area contributed by atoms with Gasteiger partial charge in [-0.05, 0) is 24.0 Å². The van der Waals surface area contributed by atoms with Gasteiger partial charge in [-0.15, -0.1) is 0 Å². The van der Waals surface area contributed by atoms with Gasteiger partial charge < -0.3 is 0 Å². The molecule has 4 nitrogen and oxygen atoms in total. The summed E-state index contributed by atoms with van der Waals surface area (Å²) >= 11 is 1.59. The van der Waals surface area contributed by atoms with Crippen molar-refractivity contribution in [2.45, 2.75) is 18.8 Å². The zero-order chi connectivity index (χ0) is 16.8. The van der Waals surface area contributed by atoms with Crippen LogP contribution in [0.1, 0.15) is 34.3 Å². The van der Waals surface area contributed by atoms with Crippen molar-refractivity contribution >= 4 is 22.6 Å². The molecule has 0 saturated heterocycles. The van der Waals surface area contributed by atoms with E-state index in [4.69, 9.17) is 0 Å². The molecule has 2 aromatic heterocycles. The predicted molar refractivity (Wildman–Crippen MR) is 99.1 cm³/mol. The fraction of sp³-hybridized carbons (Fsp3) is 0.150. The first-order chi connectivity index (χ1) is 12.3. The number of hydrogen-bond donors (Lipinski definition) is 0. The van der Waals surface area contributed by atoms with Crippen LogP contribution in [0.5, 0.6) is 0 Å². The first kappa shape index (κ1) is 14.5. The van der Waals surface area contributed by atoms with Crippen LogP contribution in [0, 0.1) is 0 Å². The molecule has 1 saturated carbocycles. The maximum absolute atomic E-state index is 11.7. The van der Waals surface area contributed by atoms with Gasteiger partial charge in [0.2, 0.25) is 4.96 Å². The molecule has 2 heterocycles. The van der Waals surface area contributed by atoms with Crippen LogP contribution in [0.25, 0.3) is 27.3 Å². The fourth-order valence-electron chi connectivity index (χ4n) is 3.04. The minimum atomic E-state index is 0.533. The van der Waals surface area contributed by atoms with E-state index in [1.165, 1.54) is 18.4 Å². The van der Waals surface area contributed by atoms with Crippen LogP contribution in [-0.4, -0.2) is 20.9 Å². The lowest BCUT2D eigenvalue weighted by molar-refractivity contribution is 0.111. The second-order valence-corrected chi connectivity index (χ2v) is 7.30. The summed E-state index contributed by atoms with van der Waals surface area (Å²) in [6.45, 7) is 0. The minimum Gasteiger partial charge on any atom is -0.296 e. The molecular formula is C20H15N3OS. The molecule has 0 unspecified atom stereocenters. The Hall–Kier alpha value is -2.79. The van der Waals surface area contributed by atoms with Gasteiger partial charge in [-0.3, -0.25) is 4.79 Å². The maximum Gasteiger partial charge on any atom is 0.213 e. The predicted octanol–water partition coefficient (Wildman–Crippen LogP) is 4.81. The second-order valence-electron chi connectivity index (χ2n) is 6.32. The van der Waals surface area contributed by atoms with Crippen LogP contribution >= 0.6 is 11.3 Å². The summed E-state index contributed by atoms with van der Waals surface area (Å²) in [5.41, 5.74) is 4.49. The summed E-state index contributed by atoms with van der Waals surface area (Å²) < 4.78 is 1.70. The minimum absolute atomic E-state index is 0.533. The van der Waals surface area contributed by atoms with Gasteiger partial charge in [-0.2, -0.15) is 9.61 Å². The molecule has 1 fully saturated rings. The zero-order valence-electron chi connectivity index (χ0n) is 13.4. The lowest BCUT2D eigenvalue weighted by Gasteiger charge is -2.03. The summed E-state index contributed by atoms with van der Waals surface area (Å²) in [6, 6.07) is 18.4. The molecule has 5 heteroatoms. The summed E-state index contributed by atoms with van der Waals surface area (Å²) in [5, 5.41) is 5.69. The summed E-state index contributed by atoms with van der Waals surface area (Å²) in [6.07, 6.45) is 3.25. The van der Waals surface area contributed by atoms with Crippen LogP contribution in [0.2, 0.25) is 0 Å². The number of fused-ring (bicyclic) bond motifs is 1. The number of hydrogen-bond acceptors (Lipinski definition) is 4. The number of imidazole rings is 1. The number of rotatable bonds is 4. The van der Waals surface area contributed by atoms with Gasteiger partial charge >= 0.3 is 0 Å². The van der Waals surface area contributed by atoms with E-state index in [-0.39, 0.29) is 0 Å². The molecule has 122 valence electrons. The topological polar surface area (TPSA) is 47.3 Å². The molecule has 1 aliphatic carbocycles. The maximum atomic E-state index is 11.7. The quantitative estimate of drug-likeness (QED) is 0.498. The van der Waals surface area contributed by atoms with E-state index in [1.54, 1.807) is 15.9 Å². The van der Waals surface area contributed by atoms with E-state index in [1.807, 2.05) is 30.3 Å². The molecule has 4 aromatic rings. The van der Waals surface area contributed by atoms with Crippen molar-refractivity contribution in [2.75, 3.05) is 0 Å². The Kier molecular flexibility index (Phi) is 3.28. The van der Waals surface area contributed by atoms with Crippen molar-refractivity contribution in [1.82, 2.24) is 14.6 Å². The van der Waals surface area contributed by atoms with E-state index in [2.05, 4.69) is 34.3 Å². The normalized spacial score (nSPS) is 14.1. The van der Waals surface area contributed by atoms with Crippen molar-refractivity contribution in [2.24, 2.45) is 0 Å². The monoisotopic (exact) mass is 345 g/mol. The van der Waals surface area contributed by atoms with E-state index in [0.717, 1.165) is 27.4 Å². The summed E-state index contributed by atoms with van der Waals surface area (Å²) in [5.74, 6) is 0.569. The van der Waals surface area contributed by atoms with E-state index >= 15 is 0 Å². The molecule has 1 aliphatic rings. The molecule has 0 aliphatic heterocycles. The molecule has 0 radical (unpaired) electrons. The van der Waals surface area contributed by atoms with Crippen molar-refractivity contribution < 1.29 is 4.79 Å². The number of carbonyl (C=O) groups is 1. The zero-order valence-corrected chi connectivity index (χ0v) is 14.2. The molecule has 5 rings (SSSR count). The third kappa shape index (κ3) is 2.48. The Balaban J connectivity index is 1.56. The smallest absolute Gasteiger partial charge is 0.213 e. The highest BCUT2D eigenvalue weighted by molar-refractivity contribution is 7.16. The highest BCUT2D eigenvalue weighted by atomic mass is 32.1. The van der Waals surface area contributed by atoms with E-state index in [9.17, 15) is 4.79 Å². The molecule has 0 bridgehead atoms. The van der Waals surface area contributed by atoms with Crippen LogP contribution in [0.3, 0.4) is 0 Å². The van der Waals surface area contributed by atoms with Crippen molar-refractivity contribution in [3.63, 3.8) is 0 Å². The van der Waals surface area contributed by atoms with Crippen LogP contribution in [0.4, 0.5) is 0 Å². The van der Waals surface area contributed by atoms with Gasteiger partial charge in [0.1, 0.15) is 16.4 Å². The number of aldehydes is 1. The molecule has 2 aromatic carbocycles. The Morgan fingerprint density at radius 1 is 0.960 bits per heavy atom. The summed E-state index contributed by atoms with van der Waals surface area (Å²) in [4.78, 5) is 17.1. The first-order valence-electron chi connectivity index (χ1n) is 8.34. The van der Waals surface area contributed by atoms with Crippen molar-refractivity contribution in [3.8, 4) is 22.4 Å². The SMILES string of the molecule is O=Cc1c(-c2ccc(-c3ccccc3)cc2)nc2sc(C3CC3)nn12. The van der Waals surface area contributed by atoms with Gasteiger partial charge in [0.15, 0.2) is 6.29 Å². The number of nitrogens with zero attached hydrogens (tertiary/aromatic N) is 3. The largest absolute Gasteiger partial charge is 0.296 e. The number of aromatic nitrogens is 3. The van der Waals surface area contributed by atoms with Gasteiger partial charge in [-0.1, -0.05) is 65.9 Å². The Bertz CT molecular complexity index is 1060. The fourth-order valence-corrected chi connectivity index (χ4v) is 4.12.